The Morgan fingerprint density at radius 3 is 2.48 bits per heavy atom. The Kier molecular flexibility index (Phi) is 3.62. The molecule has 0 unspecified atom stereocenters. The number of benzene rings is 1. The molecule has 0 bridgehead atoms. The Balaban J connectivity index is 1.70. The highest BCUT2D eigenvalue weighted by atomic mass is 35.5. The van der Waals surface area contributed by atoms with E-state index < -0.39 is 6.10 Å². The minimum absolute atomic E-state index is 0.0110. The van der Waals surface area contributed by atoms with Crippen LogP contribution in [0, 0.1) is 0 Å². The number of halogens is 1. The lowest BCUT2D eigenvalue weighted by atomic mass is 9.94. The monoisotopic (exact) mass is 332 g/mol. The molecule has 4 rings (SSSR count). The van der Waals surface area contributed by atoms with E-state index in [4.69, 9.17) is 16.4 Å². The summed E-state index contributed by atoms with van der Waals surface area (Å²) < 4.78 is 0. The molecule has 1 saturated heterocycles. The summed E-state index contributed by atoms with van der Waals surface area (Å²) in [5.41, 5.74) is 4.53. The molecule has 0 spiro atoms. The molecule has 0 aromatic heterocycles. The first-order valence-electron chi connectivity index (χ1n) is 7.96. The van der Waals surface area contributed by atoms with Crippen LogP contribution < -0.4 is 5.48 Å². The predicted molar refractivity (Wildman–Crippen MR) is 85.1 cm³/mol. The third-order valence-electron chi connectivity index (χ3n) is 4.79. The smallest absolute Gasteiger partial charge is 0.266 e. The quantitative estimate of drug-likeness (QED) is 0.846. The van der Waals surface area contributed by atoms with E-state index in [1.807, 2.05) is 12.1 Å². The van der Waals surface area contributed by atoms with E-state index in [1.54, 1.807) is 12.1 Å². The molecule has 120 valence electrons. The summed E-state index contributed by atoms with van der Waals surface area (Å²) >= 11 is 5.91. The van der Waals surface area contributed by atoms with Gasteiger partial charge in [0.1, 0.15) is 0 Å². The number of nitrogens with zero attached hydrogens (tertiary/aromatic N) is 1. The maximum Gasteiger partial charge on any atom is 0.266 e. The fraction of sp³-hybridized carbons (Fsp3) is 0.412. The average Bonchev–Trinajstić information content (AvgIpc) is 3.10. The third kappa shape index (κ3) is 2.35. The summed E-state index contributed by atoms with van der Waals surface area (Å²) in [4.78, 5) is 32.3. The molecule has 1 aliphatic carbocycles. The normalized spacial score (nSPS) is 25.1. The highest BCUT2D eigenvalue weighted by molar-refractivity contribution is 6.30. The minimum Gasteiger partial charge on any atom is -0.273 e. The van der Waals surface area contributed by atoms with E-state index in [-0.39, 0.29) is 17.9 Å². The number of carbonyl (C=O) groups is 2. The zero-order valence-electron chi connectivity index (χ0n) is 12.5. The summed E-state index contributed by atoms with van der Waals surface area (Å²) in [5.74, 6) is -0.463. The Hall–Kier alpha value is -1.85. The highest BCUT2D eigenvalue weighted by Gasteiger charge is 2.52. The maximum absolute atomic E-state index is 12.8. The number of fused-ring (bicyclic) bond motifs is 1. The van der Waals surface area contributed by atoms with Crippen LogP contribution in [0.15, 0.2) is 29.8 Å². The molecule has 1 atom stereocenters. The van der Waals surface area contributed by atoms with Crippen molar-refractivity contribution in [2.45, 2.75) is 44.2 Å². The van der Waals surface area contributed by atoms with Gasteiger partial charge in [-0.1, -0.05) is 43.0 Å². The number of carbonyl (C=O) groups excluding carboxylic acids is 2. The molecule has 2 aliphatic heterocycles. The Bertz CT molecular complexity index is 692. The molecule has 0 radical (unpaired) electrons. The van der Waals surface area contributed by atoms with Gasteiger partial charge in [-0.05, 0) is 25.0 Å². The lowest BCUT2D eigenvalue weighted by Gasteiger charge is -2.29. The molecule has 23 heavy (non-hydrogen) atoms. The fourth-order valence-corrected chi connectivity index (χ4v) is 3.75. The van der Waals surface area contributed by atoms with E-state index in [0.29, 0.717) is 16.3 Å². The number of hydroxylamine groups is 1. The van der Waals surface area contributed by atoms with Crippen molar-refractivity contribution in [2.75, 3.05) is 0 Å². The largest absolute Gasteiger partial charge is 0.273 e. The van der Waals surface area contributed by atoms with Crippen molar-refractivity contribution in [3.63, 3.8) is 0 Å². The van der Waals surface area contributed by atoms with Crippen molar-refractivity contribution in [1.29, 1.82) is 0 Å². The van der Waals surface area contributed by atoms with Crippen molar-refractivity contribution >= 4 is 29.1 Å². The van der Waals surface area contributed by atoms with Gasteiger partial charge in [-0.2, -0.15) is 0 Å². The number of hydrogen-bond acceptors (Lipinski definition) is 4. The predicted octanol–water partition coefficient (Wildman–Crippen LogP) is 2.66. The van der Waals surface area contributed by atoms with Gasteiger partial charge in [-0.15, -0.1) is 0 Å². The molecule has 1 aromatic rings. The molecule has 6 heteroatoms. The first-order chi connectivity index (χ1) is 11.2. The van der Waals surface area contributed by atoms with Crippen molar-refractivity contribution in [3.05, 3.63) is 40.4 Å². The van der Waals surface area contributed by atoms with Crippen LogP contribution in [-0.4, -0.2) is 28.9 Å². The van der Waals surface area contributed by atoms with Crippen LogP contribution in [0.4, 0.5) is 0 Å². The zero-order chi connectivity index (χ0) is 16.0. The lowest BCUT2D eigenvalue weighted by Crippen LogP contribution is -2.43. The van der Waals surface area contributed by atoms with Crippen LogP contribution in [0.25, 0.3) is 5.70 Å². The molecule has 1 N–H and O–H groups in total. The molecule has 1 aromatic carbocycles. The van der Waals surface area contributed by atoms with Gasteiger partial charge in [0.25, 0.3) is 11.8 Å². The van der Waals surface area contributed by atoms with Crippen LogP contribution >= 0.6 is 11.6 Å². The number of hydrogen-bond donors (Lipinski definition) is 1. The summed E-state index contributed by atoms with van der Waals surface area (Å²) in [6, 6.07) is 7.13. The van der Waals surface area contributed by atoms with E-state index in [2.05, 4.69) is 5.48 Å². The van der Waals surface area contributed by atoms with Crippen molar-refractivity contribution < 1.29 is 14.4 Å². The van der Waals surface area contributed by atoms with E-state index in [0.717, 1.165) is 31.2 Å². The molecule has 2 amide bonds. The van der Waals surface area contributed by atoms with Gasteiger partial charge in [0.05, 0.1) is 11.3 Å². The Morgan fingerprint density at radius 2 is 1.78 bits per heavy atom. The minimum atomic E-state index is -0.824. The van der Waals surface area contributed by atoms with Gasteiger partial charge in [-0.3, -0.25) is 24.8 Å². The third-order valence-corrected chi connectivity index (χ3v) is 5.05. The number of nitrogens with one attached hydrogen (secondary N) is 1. The van der Waals surface area contributed by atoms with Crippen molar-refractivity contribution in [3.8, 4) is 0 Å². The summed E-state index contributed by atoms with van der Waals surface area (Å²) in [6.07, 6.45) is 4.26. The van der Waals surface area contributed by atoms with Crippen LogP contribution in [-0.2, 0) is 14.4 Å². The number of amides is 2. The lowest BCUT2D eigenvalue weighted by molar-refractivity contribution is -0.146. The summed E-state index contributed by atoms with van der Waals surface area (Å²) in [5, 5.41) is 0.618. The van der Waals surface area contributed by atoms with Crippen molar-refractivity contribution in [2.24, 2.45) is 0 Å². The molecular formula is C17H17ClN2O3. The maximum atomic E-state index is 12.8. The molecule has 2 heterocycles. The van der Waals surface area contributed by atoms with Gasteiger partial charge in [0.15, 0.2) is 6.10 Å². The second kappa shape index (κ2) is 5.65. The Labute approximate surface area is 139 Å². The first kappa shape index (κ1) is 14.7. The van der Waals surface area contributed by atoms with Crippen LogP contribution in [0.2, 0.25) is 5.02 Å². The topological polar surface area (TPSA) is 58.6 Å². The van der Waals surface area contributed by atoms with E-state index in [9.17, 15) is 9.59 Å². The van der Waals surface area contributed by atoms with Crippen molar-refractivity contribution in [1.82, 2.24) is 10.4 Å². The Morgan fingerprint density at radius 1 is 1.09 bits per heavy atom. The zero-order valence-corrected chi connectivity index (χ0v) is 13.3. The fourth-order valence-electron chi connectivity index (χ4n) is 3.63. The van der Waals surface area contributed by atoms with Gasteiger partial charge >= 0.3 is 0 Å². The van der Waals surface area contributed by atoms with Gasteiger partial charge in [-0.25, -0.2) is 0 Å². The van der Waals surface area contributed by atoms with E-state index in [1.165, 1.54) is 11.3 Å². The summed E-state index contributed by atoms with van der Waals surface area (Å²) in [7, 11) is 0. The van der Waals surface area contributed by atoms with Gasteiger partial charge in [0.2, 0.25) is 0 Å². The SMILES string of the molecule is O=C1C2=C(c3ccc(Cl)cc3)NO[C@@H]2C(=O)N1C1CCCCC1. The van der Waals surface area contributed by atoms with E-state index >= 15 is 0 Å². The van der Waals surface area contributed by atoms with Gasteiger partial charge < -0.3 is 0 Å². The number of imide groups is 1. The molecule has 2 fully saturated rings. The molecule has 5 nitrogen and oxygen atoms in total. The number of likely N-dealkylation sites (tertiary alicyclic amines) is 1. The van der Waals surface area contributed by atoms with Crippen LogP contribution in [0.3, 0.4) is 0 Å². The second-order valence-electron chi connectivity index (χ2n) is 6.20. The van der Waals surface area contributed by atoms with Crippen LogP contribution in [0.5, 0.6) is 0 Å². The molecular weight excluding hydrogens is 316 g/mol. The molecule has 3 aliphatic rings. The van der Waals surface area contributed by atoms with Gasteiger partial charge in [0, 0.05) is 16.6 Å². The number of rotatable bonds is 2. The van der Waals surface area contributed by atoms with Crippen LogP contribution in [0.1, 0.15) is 37.7 Å². The highest BCUT2D eigenvalue weighted by Crippen LogP contribution is 2.37. The second-order valence-corrected chi connectivity index (χ2v) is 6.64. The molecule has 1 saturated carbocycles. The standard InChI is InChI=1S/C17H17ClN2O3/c18-11-8-6-10(7-9-11)14-13-15(23-19-14)17(22)20(16(13)21)12-4-2-1-3-5-12/h6-9,12,15,19H,1-5H2/t15-/m0/s1. The summed E-state index contributed by atoms with van der Waals surface area (Å²) in [6.45, 7) is 0. The average molecular weight is 333 g/mol. The first-order valence-corrected chi connectivity index (χ1v) is 8.34.